The van der Waals surface area contributed by atoms with Crippen molar-refractivity contribution in [2.24, 2.45) is 5.92 Å². The molecule has 0 spiro atoms. The number of hydrogen-bond acceptors (Lipinski definition) is 3. The molecule has 0 saturated heterocycles. The number of alkyl halides is 7. The average molecular weight is 611 g/mol. The first-order chi connectivity index (χ1) is 19.6. The van der Waals surface area contributed by atoms with Gasteiger partial charge in [-0.25, -0.2) is 13.6 Å². The third kappa shape index (κ3) is 7.06. The SMILES string of the molecule is CCC1CCC(c2cc(F)c(-c3ccc(C(F)(F)OC4CCC(OC(=O)C(F)(F)C(F)(F)F)CC4)cc3)c(F)c2)CC1. The Morgan fingerprint density at radius 2 is 1.31 bits per heavy atom. The van der Waals surface area contributed by atoms with Crippen LogP contribution in [0.1, 0.15) is 81.8 Å². The third-order valence-corrected chi connectivity index (χ3v) is 8.29. The van der Waals surface area contributed by atoms with Gasteiger partial charge in [-0.3, -0.25) is 0 Å². The monoisotopic (exact) mass is 610 g/mol. The Morgan fingerprint density at radius 1 is 0.786 bits per heavy atom. The summed E-state index contributed by atoms with van der Waals surface area (Å²) in [5, 5.41) is 0. The number of halogens is 9. The second-order valence-electron chi connectivity index (χ2n) is 11.1. The van der Waals surface area contributed by atoms with Crippen LogP contribution >= 0.6 is 0 Å². The Morgan fingerprint density at radius 3 is 1.81 bits per heavy atom. The van der Waals surface area contributed by atoms with Crippen LogP contribution in [0.15, 0.2) is 36.4 Å². The van der Waals surface area contributed by atoms with E-state index in [2.05, 4.69) is 11.7 Å². The number of ether oxygens (including phenoxy) is 2. The minimum atomic E-state index is -6.11. The van der Waals surface area contributed by atoms with Crippen molar-refractivity contribution in [1.82, 2.24) is 0 Å². The molecule has 0 unspecified atom stereocenters. The van der Waals surface area contributed by atoms with E-state index in [1.54, 1.807) is 0 Å². The van der Waals surface area contributed by atoms with E-state index in [-0.39, 0.29) is 42.7 Å². The molecule has 4 rings (SSSR count). The molecule has 2 fully saturated rings. The van der Waals surface area contributed by atoms with Gasteiger partial charge < -0.3 is 9.47 Å². The molecule has 0 aliphatic heterocycles. The number of carbonyl (C=O) groups excluding carboxylic acids is 1. The minimum Gasteiger partial charge on any atom is -0.458 e. The van der Waals surface area contributed by atoms with E-state index in [9.17, 15) is 35.5 Å². The quantitative estimate of drug-likeness (QED) is 0.221. The zero-order valence-corrected chi connectivity index (χ0v) is 22.8. The second-order valence-corrected chi connectivity index (χ2v) is 11.1. The van der Waals surface area contributed by atoms with Gasteiger partial charge in [-0.1, -0.05) is 25.5 Å². The molecule has 2 saturated carbocycles. The predicted octanol–water partition coefficient (Wildman–Crippen LogP) is 9.43. The fourth-order valence-electron chi connectivity index (χ4n) is 5.73. The normalized spacial score (nSPS) is 24.0. The molecule has 2 aromatic carbocycles. The van der Waals surface area contributed by atoms with Gasteiger partial charge in [-0.15, -0.1) is 0 Å². The molecule has 0 N–H and O–H groups in total. The molecule has 2 aromatic rings. The van der Waals surface area contributed by atoms with Crippen molar-refractivity contribution >= 4 is 5.97 Å². The highest BCUT2D eigenvalue weighted by atomic mass is 19.4. The van der Waals surface area contributed by atoms with Crippen LogP contribution in [0.2, 0.25) is 0 Å². The van der Waals surface area contributed by atoms with Crippen molar-refractivity contribution in [1.29, 1.82) is 0 Å². The van der Waals surface area contributed by atoms with Gasteiger partial charge in [-0.2, -0.15) is 30.7 Å². The van der Waals surface area contributed by atoms with Crippen LogP contribution in [-0.2, 0) is 20.4 Å². The molecule has 2 aliphatic rings. The summed E-state index contributed by atoms with van der Waals surface area (Å²) < 4.78 is 132. The molecule has 2 aliphatic carbocycles. The molecule has 0 bridgehead atoms. The number of carbonyl (C=O) groups is 1. The summed E-state index contributed by atoms with van der Waals surface area (Å²) in [5.74, 6) is -9.31. The Balaban J connectivity index is 1.36. The summed E-state index contributed by atoms with van der Waals surface area (Å²) in [4.78, 5) is 11.3. The molecular weight excluding hydrogens is 579 g/mol. The number of hydrogen-bond donors (Lipinski definition) is 0. The first kappa shape index (κ1) is 32.2. The number of esters is 1. The molecule has 3 nitrogen and oxygen atoms in total. The van der Waals surface area contributed by atoms with Crippen molar-refractivity contribution < 1.29 is 53.8 Å². The first-order valence-corrected chi connectivity index (χ1v) is 13.9. The van der Waals surface area contributed by atoms with Crippen LogP contribution < -0.4 is 0 Å². The van der Waals surface area contributed by atoms with E-state index in [4.69, 9.17) is 4.74 Å². The highest BCUT2D eigenvalue weighted by Crippen LogP contribution is 2.41. The van der Waals surface area contributed by atoms with Crippen molar-refractivity contribution in [3.8, 4) is 11.1 Å². The van der Waals surface area contributed by atoms with Crippen LogP contribution in [0.3, 0.4) is 0 Å². The summed E-state index contributed by atoms with van der Waals surface area (Å²) in [6.07, 6.45) is -8.48. The molecule has 232 valence electrons. The Bertz CT molecular complexity index is 1200. The standard InChI is InChI=1S/C30H31F9O3/c1-2-17-3-5-18(6-4-17)20-15-24(31)26(25(32)16-20)19-7-9-21(10-8-19)29(35,36)42-23-13-11-22(12-14-23)41-27(40)28(33,34)30(37,38)39/h7-10,15-18,22-23H,2-6,11-14H2,1H3. The second kappa shape index (κ2) is 12.5. The smallest absolute Gasteiger partial charge is 0.458 e. The van der Waals surface area contributed by atoms with Crippen LogP contribution in [0.5, 0.6) is 0 Å². The van der Waals surface area contributed by atoms with Crippen LogP contribution in [0.25, 0.3) is 11.1 Å². The molecule has 0 atom stereocenters. The molecule has 12 heteroatoms. The summed E-state index contributed by atoms with van der Waals surface area (Å²) in [6, 6.07) is 6.86. The molecule has 0 heterocycles. The summed E-state index contributed by atoms with van der Waals surface area (Å²) in [5.41, 5.74) is -0.294. The van der Waals surface area contributed by atoms with E-state index >= 15 is 8.78 Å². The lowest BCUT2D eigenvalue weighted by molar-refractivity contribution is -0.287. The fraction of sp³-hybridized carbons (Fsp3) is 0.567. The molecular formula is C30H31F9O3. The fourth-order valence-corrected chi connectivity index (χ4v) is 5.73. The maximum Gasteiger partial charge on any atom is 0.465 e. The van der Waals surface area contributed by atoms with Crippen LogP contribution in [0, 0.1) is 17.6 Å². The zero-order chi connectivity index (χ0) is 30.9. The topological polar surface area (TPSA) is 35.5 Å². The zero-order valence-electron chi connectivity index (χ0n) is 22.8. The van der Waals surface area contributed by atoms with Gasteiger partial charge >= 0.3 is 24.2 Å². The Kier molecular flexibility index (Phi) is 9.54. The molecule has 0 radical (unpaired) electrons. The third-order valence-electron chi connectivity index (χ3n) is 8.29. The number of benzene rings is 2. The molecule has 42 heavy (non-hydrogen) atoms. The van der Waals surface area contributed by atoms with E-state index in [0.29, 0.717) is 11.5 Å². The van der Waals surface area contributed by atoms with E-state index in [1.165, 1.54) is 12.1 Å². The summed E-state index contributed by atoms with van der Waals surface area (Å²) in [6.45, 7) is 2.12. The molecule has 0 aromatic heterocycles. The van der Waals surface area contributed by atoms with Gasteiger partial charge in [0.2, 0.25) is 0 Å². The summed E-state index contributed by atoms with van der Waals surface area (Å²) in [7, 11) is 0. The number of rotatable bonds is 8. The molecule has 0 amide bonds. The van der Waals surface area contributed by atoms with Crippen molar-refractivity contribution in [2.75, 3.05) is 0 Å². The first-order valence-electron chi connectivity index (χ1n) is 13.9. The maximum absolute atomic E-state index is 15.0. The predicted molar refractivity (Wildman–Crippen MR) is 135 cm³/mol. The summed E-state index contributed by atoms with van der Waals surface area (Å²) >= 11 is 0. The van der Waals surface area contributed by atoms with Gasteiger partial charge in [0.15, 0.2) is 0 Å². The van der Waals surface area contributed by atoms with Crippen molar-refractivity contribution in [2.45, 2.75) is 101 Å². The highest BCUT2D eigenvalue weighted by Gasteiger charge is 2.65. The van der Waals surface area contributed by atoms with Crippen LogP contribution in [0.4, 0.5) is 39.5 Å². The Labute approximate surface area is 237 Å². The lowest BCUT2D eigenvalue weighted by Crippen LogP contribution is -2.47. The lowest BCUT2D eigenvalue weighted by Gasteiger charge is -2.31. The van der Waals surface area contributed by atoms with Gasteiger partial charge in [-0.05, 0) is 98.6 Å². The lowest BCUT2D eigenvalue weighted by atomic mass is 9.77. The van der Waals surface area contributed by atoms with Crippen molar-refractivity contribution in [3.05, 3.63) is 59.2 Å². The van der Waals surface area contributed by atoms with Gasteiger partial charge in [0.05, 0.1) is 17.2 Å². The van der Waals surface area contributed by atoms with Gasteiger partial charge in [0.1, 0.15) is 17.7 Å². The minimum absolute atomic E-state index is 0.0590. The van der Waals surface area contributed by atoms with Crippen LogP contribution in [-0.4, -0.2) is 30.3 Å². The van der Waals surface area contributed by atoms with Gasteiger partial charge in [0, 0.05) is 0 Å². The van der Waals surface area contributed by atoms with E-state index in [1.807, 2.05) is 0 Å². The Hall–Kier alpha value is -2.76. The van der Waals surface area contributed by atoms with E-state index < -0.39 is 53.6 Å². The maximum atomic E-state index is 15.0. The van der Waals surface area contributed by atoms with Crippen molar-refractivity contribution in [3.63, 3.8) is 0 Å². The average Bonchev–Trinajstić information content (AvgIpc) is 2.93. The highest BCUT2D eigenvalue weighted by molar-refractivity contribution is 5.78. The van der Waals surface area contributed by atoms with Gasteiger partial charge in [0.25, 0.3) is 0 Å². The van der Waals surface area contributed by atoms with E-state index in [0.717, 1.165) is 56.4 Å². The largest absolute Gasteiger partial charge is 0.465 e.